The molecule has 78 valence electrons. The summed E-state index contributed by atoms with van der Waals surface area (Å²) in [7, 11) is 0. The molecule has 15 heavy (non-hydrogen) atoms. The number of benzene rings is 1. The summed E-state index contributed by atoms with van der Waals surface area (Å²) in [5, 5.41) is 9.33. The molecule has 1 aromatic carbocycles. The van der Waals surface area contributed by atoms with Crippen molar-refractivity contribution in [3.8, 4) is 5.69 Å². The van der Waals surface area contributed by atoms with E-state index in [0.29, 0.717) is 10.4 Å². The average Bonchev–Trinajstić information content (AvgIpc) is 2.70. The van der Waals surface area contributed by atoms with E-state index in [-0.39, 0.29) is 0 Å². The van der Waals surface area contributed by atoms with Gasteiger partial charge in [-0.2, -0.15) is 0 Å². The van der Waals surface area contributed by atoms with Crippen molar-refractivity contribution >= 4 is 43.5 Å². The lowest BCUT2D eigenvalue weighted by Gasteiger charge is -2.03. The molecule has 1 heterocycles. The number of halogens is 3. The number of aromatic nitrogens is 3. The monoisotopic (exact) mass is 349 g/mol. The lowest BCUT2D eigenvalue weighted by Crippen LogP contribution is -1.96. The number of rotatable bonds is 2. The first kappa shape index (κ1) is 11.1. The molecule has 0 aliphatic carbocycles. The molecule has 0 bridgehead atoms. The standard InChI is InChI=1S/C9H6Br2ClN3/c10-4-6-5-15(14-13-6)8-3-1-2-7(12)9(8)11/h1-3,5H,4H2. The van der Waals surface area contributed by atoms with Crippen molar-refractivity contribution in [1.29, 1.82) is 0 Å². The maximum absolute atomic E-state index is 5.99. The molecular weight excluding hydrogens is 345 g/mol. The second-order valence-corrected chi connectivity index (χ2v) is 4.62. The summed E-state index contributed by atoms with van der Waals surface area (Å²) in [6, 6.07) is 5.61. The van der Waals surface area contributed by atoms with Crippen molar-refractivity contribution in [2.75, 3.05) is 0 Å². The van der Waals surface area contributed by atoms with Crippen LogP contribution < -0.4 is 0 Å². The van der Waals surface area contributed by atoms with Gasteiger partial charge >= 0.3 is 0 Å². The Morgan fingerprint density at radius 2 is 2.20 bits per heavy atom. The minimum atomic E-state index is 0.656. The van der Waals surface area contributed by atoms with Crippen LogP contribution in [-0.2, 0) is 5.33 Å². The molecule has 6 heteroatoms. The van der Waals surface area contributed by atoms with Crippen LogP contribution in [0.25, 0.3) is 5.69 Å². The van der Waals surface area contributed by atoms with Crippen molar-refractivity contribution in [3.63, 3.8) is 0 Å². The first-order valence-corrected chi connectivity index (χ1v) is 6.43. The van der Waals surface area contributed by atoms with E-state index in [1.807, 2.05) is 24.4 Å². The van der Waals surface area contributed by atoms with Gasteiger partial charge in [0.2, 0.25) is 0 Å². The predicted octanol–water partition coefficient (Wildman–Crippen LogP) is 3.58. The van der Waals surface area contributed by atoms with Crippen LogP contribution in [0.3, 0.4) is 0 Å². The molecule has 0 N–H and O–H groups in total. The summed E-state index contributed by atoms with van der Waals surface area (Å²) in [6.45, 7) is 0. The summed E-state index contributed by atoms with van der Waals surface area (Å²) in [6.07, 6.45) is 1.85. The molecule has 0 aliphatic heterocycles. The van der Waals surface area contributed by atoms with Crippen LogP contribution in [0.15, 0.2) is 28.9 Å². The molecule has 0 saturated carbocycles. The van der Waals surface area contributed by atoms with Crippen LogP contribution in [0, 0.1) is 0 Å². The second-order valence-electron chi connectivity index (χ2n) is 2.86. The Hall–Kier alpha value is -0.390. The SMILES string of the molecule is Clc1cccc(-n2cc(CBr)nn2)c1Br. The van der Waals surface area contributed by atoms with Crippen molar-refractivity contribution in [1.82, 2.24) is 15.0 Å². The van der Waals surface area contributed by atoms with E-state index in [2.05, 4.69) is 42.2 Å². The zero-order chi connectivity index (χ0) is 10.8. The van der Waals surface area contributed by atoms with Crippen molar-refractivity contribution in [2.24, 2.45) is 0 Å². The van der Waals surface area contributed by atoms with E-state index >= 15 is 0 Å². The van der Waals surface area contributed by atoms with Gasteiger partial charge in [0.15, 0.2) is 0 Å². The van der Waals surface area contributed by atoms with Gasteiger partial charge < -0.3 is 0 Å². The van der Waals surface area contributed by atoms with E-state index < -0.39 is 0 Å². The third kappa shape index (κ3) is 2.24. The van der Waals surface area contributed by atoms with Crippen LogP contribution in [0.1, 0.15) is 5.69 Å². The number of hydrogen-bond donors (Lipinski definition) is 0. The zero-order valence-corrected chi connectivity index (χ0v) is 11.4. The van der Waals surface area contributed by atoms with Crippen LogP contribution in [0.2, 0.25) is 5.02 Å². The Bertz CT molecular complexity index is 484. The fourth-order valence-electron chi connectivity index (χ4n) is 1.15. The van der Waals surface area contributed by atoms with Gasteiger partial charge in [-0.15, -0.1) is 5.10 Å². The molecule has 0 radical (unpaired) electrons. The fraction of sp³-hybridized carbons (Fsp3) is 0.111. The van der Waals surface area contributed by atoms with Crippen LogP contribution in [0.5, 0.6) is 0 Å². The summed E-state index contributed by atoms with van der Waals surface area (Å²) in [5.74, 6) is 0. The molecule has 0 atom stereocenters. The first-order valence-electron chi connectivity index (χ1n) is 4.14. The van der Waals surface area contributed by atoms with Gasteiger partial charge in [0.25, 0.3) is 0 Å². The largest absolute Gasteiger partial charge is 0.219 e. The van der Waals surface area contributed by atoms with Gasteiger partial charge in [0.05, 0.1) is 27.1 Å². The normalized spacial score (nSPS) is 10.6. The van der Waals surface area contributed by atoms with Gasteiger partial charge in [-0.1, -0.05) is 38.8 Å². The second kappa shape index (κ2) is 4.63. The van der Waals surface area contributed by atoms with E-state index in [1.165, 1.54) is 0 Å². The van der Waals surface area contributed by atoms with E-state index in [0.717, 1.165) is 15.9 Å². The number of alkyl halides is 1. The summed E-state index contributed by atoms with van der Waals surface area (Å²) < 4.78 is 2.50. The topological polar surface area (TPSA) is 30.7 Å². The molecule has 3 nitrogen and oxygen atoms in total. The maximum atomic E-state index is 5.99. The lowest BCUT2D eigenvalue weighted by atomic mass is 10.3. The van der Waals surface area contributed by atoms with Gasteiger partial charge in [0, 0.05) is 5.33 Å². The van der Waals surface area contributed by atoms with Crippen LogP contribution >= 0.6 is 43.5 Å². The van der Waals surface area contributed by atoms with Crippen LogP contribution in [-0.4, -0.2) is 15.0 Å². The smallest absolute Gasteiger partial charge is 0.0937 e. The quantitative estimate of drug-likeness (QED) is 0.775. The van der Waals surface area contributed by atoms with Gasteiger partial charge in [-0.25, -0.2) is 4.68 Å². The van der Waals surface area contributed by atoms with Crippen molar-refractivity contribution in [2.45, 2.75) is 5.33 Å². The number of hydrogen-bond acceptors (Lipinski definition) is 2. The third-order valence-corrected chi connectivity index (χ3v) is 3.81. The van der Waals surface area contributed by atoms with Gasteiger partial charge in [-0.3, -0.25) is 0 Å². The minimum Gasteiger partial charge on any atom is -0.219 e. The van der Waals surface area contributed by atoms with Gasteiger partial charge in [0.1, 0.15) is 0 Å². The summed E-state index contributed by atoms with van der Waals surface area (Å²) >= 11 is 12.7. The Kier molecular flexibility index (Phi) is 3.43. The predicted molar refractivity (Wildman–Crippen MR) is 66.7 cm³/mol. The molecule has 0 spiro atoms. The molecule has 0 fully saturated rings. The van der Waals surface area contributed by atoms with Crippen molar-refractivity contribution in [3.05, 3.63) is 39.6 Å². The third-order valence-electron chi connectivity index (χ3n) is 1.86. The molecule has 0 unspecified atom stereocenters. The van der Waals surface area contributed by atoms with Crippen LogP contribution in [0.4, 0.5) is 0 Å². The van der Waals surface area contributed by atoms with E-state index in [4.69, 9.17) is 11.6 Å². The van der Waals surface area contributed by atoms with Gasteiger partial charge in [-0.05, 0) is 28.1 Å². The highest BCUT2D eigenvalue weighted by molar-refractivity contribution is 9.10. The Balaban J connectivity index is 2.49. The molecule has 2 aromatic rings. The summed E-state index contributed by atoms with van der Waals surface area (Å²) in [4.78, 5) is 0. The molecule has 2 rings (SSSR count). The molecular formula is C9H6Br2ClN3. The van der Waals surface area contributed by atoms with Crippen molar-refractivity contribution < 1.29 is 0 Å². The Labute approximate surface area is 109 Å². The Morgan fingerprint density at radius 3 is 2.87 bits per heavy atom. The highest BCUT2D eigenvalue weighted by Gasteiger charge is 2.07. The first-order chi connectivity index (χ1) is 7.22. The highest BCUT2D eigenvalue weighted by atomic mass is 79.9. The average molecular weight is 351 g/mol. The van der Waals surface area contributed by atoms with E-state index in [1.54, 1.807) is 4.68 Å². The zero-order valence-electron chi connectivity index (χ0n) is 7.49. The molecule has 0 saturated heterocycles. The fourth-order valence-corrected chi connectivity index (χ4v) is 2.02. The summed E-state index contributed by atoms with van der Waals surface area (Å²) in [5.41, 5.74) is 1.75. The maximum Gasteiger partial charge on any atom is 0.0937 e. The minimum absolute atomic E-state index is 0.656. The lowest BCUT2D eigenvalue weighted by molar-refractivity contribution is 0.798. The number of nitrogens with zero attached hydrogens (tertiary/aromatic N) is 3. The van der Waals surface area contributed by atoms with E-state index in [9.17, 15) is 0 Å². The Morgan fingerprint density at radius 1 is 1.40 bits per heavy atom. The molecule has 0 amide bonds. The highest BCUT2D eigenvalue weighted by Crippen LogP contribution is 2.28. The molecule has 1 aromatic heterocycles. The molecule has 0 aliphatic rings.